The molecule has 4 nitrogen and oxygen atoms in total. The van der Waals surface area contributed by atoms with Crippen LogP contribution >= 0.6 is 15.9 Å². The summed E-state index contributed by atoms with van der Waals surface area (Å²) in [7, 11) is -0.747. The smallest absolute Gasteiger partial charge is 0.270 e. The van der Waals surface area contributed by atoms with Gasteiger partial charge >= 0.3 is 0 Å². The average molecular weight is 333 g/mol. The maximum absolute atomic E-state index is 12.4. The van der Waals surface area contributed by atoms with Crippen LogP contribution in [0.1, 0.15) is 23.8 Å². The Morgan fingerprint density at radius 2 is 2.11 bits per heavy atom. The van der Waals surface area contributed by atoms with E-state index >= 15 is 0 Å². The molecule has 0 aromatic carbocycles. The van der Waals surface area contributed by atoms with Crippen molar-refractivity contribution in [1.29, 1.82) is 0 Å². The van der Waals surface area contributed by atoms with Crippen LogP contribution in [0.3, 0.4) is 0 Å². The van der Waals surface area contributed by atoms with Crippen molar-refractivity contribution >= 4 is 32.6 Å². The van der Waals surface area contributed by atoms with E-state index in [-0.39, 0.29) is 5.91 Å². The highest BCUT2D eigenvalue weighted by Crippen LogP contribution is 2.18. The van der Waals surface area contributed by atoms with E-state index in [4.69, 9.17) is 0 Å². The third kappa shape index (κ3) is 3.03. The van der Waals surface area contributed by atoms with Crippen molar-refractivity contribution in [2.24, 2.45) is 0 Å². The largest absolute Gasteiger partial charge is 0.342 e. The Hall–Kier alpha value is -0.620. The molecule has 0 atom stereocenters. The number of hydrogen-bond donors (Lipinski definition) is 0. The molecule has 18 heavy (non-hydrogen) atoms. The number of aromatic nitrogens is 1. The minimum absolute atomic E-state index is 0.0471. The van der Waals surface area contributed by atoms with Crippen molar-refractivity contribution in [2.75, 3.05) is 24.6 Å². The summed E-state index contributed by atoms with van der Waals surface area (Å²) in [6.07, 6.45) is 2.93. The van der Waals surface area contributed by atoms with Crippen LogP contribution in [-0.4, -0.2) is 44.2 Å². The van der Waals surface area contributed by atoms with Crippen LogP contribution in [0.2, 0.25) is 0 Å². The molecular weight excluding hydrogens is 316 g/mol. The highest BCUT2D eigenvalue weighted by molar-refractivity contribution is 9.10. The molecule has 2 rings (SSSR count). The second-order valence-electron chi connectivity index (χ2n) is 4.38. The van der Waals surface area contributed by atoms with Crippen LogP contribution in [0, 0.1) is 0 Å². The highest BCUT2D eigenvalue weighted by atomic mass is 79.9. The summed E-state index contributed by atoms with van der Waals surface area (Å²) < 4.78 is 14.2. The molecule has 1 saturated heterocycles. The first-order valence-electron chi connectivity index (χ1n) is 6.11. The Morgan fingerprint density at radius 1 is 1.44 bits per heavy atom. The number of halogens is 1. The molecule has 0 N–H and O–H groups in total. The zero-order valence-electron chi connectivity index (χ0n) is 10.4. The number of aryl methyl sites for hydroxylation is 1. The van der Waals surface area contributed by atoms with E-state index in [1.54, 1.807) is 4.90 Å². The van der Waals surface area contributed by atoms with E-state index in [9.17, 15) is 9.00 Å². The molecule has 2 heterocycles. The number of amides is 1. The molecular formula is C12H17BrN2O2S. The lowest BCUT2D eigenvalue weighted by Crippen LogP contribution is -2.42. The van der Waals surface area contributed by atoms with E-state index in [0.29, 0.717) is 24.6 Å². The van der Waals surface area contributed by atoms with Gasteiger partial charge < -0.3 is 9.47 Å². The Morgan fingerprint density at radius 3 is 2.72 bits per heavy atom. The van der Waals surface area contributed by atoms with Gasteiger partial charge in [0.1, 0.15) is 5.69 Å². The molecule has 0 aliphatic carbocycles. The Bertz CT molecular complexity index is 463. The lowest BCUT2D eigenvalue weighted by molar-refractivity contribution is 0.0760. The second kappa shape index (κ2) is 6.02. The first-order valence-corrected chi connectivity index (χ1v) is 8.40. The van der Waals surface area contributed by atoms with Gasteiger partial charge in [0.2, 0.25) is 0 Å². The standard InChI is InChI=1S/C12H17BrN2O2S/c1-2-3-15-9-10(13)8-11(15)12(16)14-4-6-18(17)7-5-14/h8-9H,2-7H2,1H3. The first-order chi connectivity index (χ1) is 8.61. The van der Waals surface area contributed by atoms with Crippen LogP contribution in [0.4, 0.5) is 0 Å². The average Bonchev–Trinajstić information content (AvgIpc) is 2.71. The lowest BCUT2D eigenvalue weighted by atomic mass is 10.3. The number of rotatable bonds is 3. The van der Waals surface area contributed by atoms with Crippen LogP contribution in [0.15, 0.2) is 16.7 Å². The zero-order valence-corrected chi connectivity index (χ0v) is 12.8. The van der Waals surface area contributed by atoms with E-state index in [1.807, 2.05) is 16.8 Å². The molecule has 1 aromatic heterocycles. The van der Waals surface area contributed by atoms with E-state index in [1.165, 1.54) is 0 Å². The highest BCUT2D eigenvalue weighted by Gasteiger charge is 2.23. The molecule has 0 radical (unpaired) electrons. The monoisotopic (exact) mass is 332 g/mol. The summed E-state index contributed by atoms with van der Waals surface area (Å²) in [5.41, 5.74) is 0.719. The third-order valence-electron chi connectivity index (χ3n) is 3.01. The Labute approximate surface area is 118 Å². The molecule has 0 unspecified atom stereocenters. The fourth-order valence-corrected chi connectivity index (χ4v) is 3.60. The molecule has 1 aliphatic rings. The molecule has 0 bridgehead atoms. The molecule has 100 valence electrons. The van der Waals surface area contributed by atoms with Crippen molar-refractivity contribution in [3.63, 3.8) is 0 Å². The molecule has 1 amide bonds. The van der Waals surface area contributed by atoms with Crippen LogP contribution < -0.4 is 0 Å². The fourth-order valence-electron chi connectivity index (χ4n) is 2.08. The SMILES string of the molecule is CCCn1cc(Br)cc1C(=O)N1CCS(=O)CC1. The number of nitrogens with zero attached hydrogens (tertiary/aromatic N) is 2. The predicted octanol–water partition coefficient (Wildman–Crippen LogP) is 1.87. The summed E-state index contributed by atoms with van der Waals surface area (Å²) >= 11 is 3.41. The maximum atomic E-state index is 12.4. The molecule has 1 fully saturated rings. The van der Waals surface area contributed by atoms with Crippen LogP contribution in [-0.2, 0) is 17.3 Å². The van der Waals surface area contributed by atoms with Gasteiger partial charge in [-0.1, -0.05) is 6.92 Å². The van der Waals surface area contributed by atoms with Gasteiger partial charge in [-0.05, 0) is 28.4 Å². The quantitative estimate of drug-likeness (QED) is 0.847. The summed E-state index contributed by atoms with van der Waals surface area (Å²) in [5.74, 6) is 1.24. The van der Waals surface area contributed by atoms with Crippen molar-refractivity contribution in [3.8, 4) is 0 Å². The molecule has 0 spiro atoms. The summed E-state index contributed by atoms with van der Waals surface area (Å²) in [4.78, 5) is 14.2. The lowest BCUT2D eigenvalue weighted by Gasteiger charge is -2.26. The summed E-state index contributed by atoms with van der Waals surface area (Å²) in [6.45, 7) is 4.12. The zero-order chi connectivity index (χ0) is 13.1. The van der Waals surface area contributed by atoms with Gasteiger partial charge in [-0.2, -0.15) is 0 Å². The van der Waals surface area contributed by atoms with Gasteiger partial charge in [0.05, 0.1) is 0 Å². The minimum Gasteiger partial charge on any atom is -0.342 e. The minimum atomic E-state index is -0.747. The number of carbonyl (C=O) groups excluding carboxylic acids is 1. The van der Waals surface area contributed by atoms with Gasteiger partial charge in [-0.25, -0.2) is 0 Å². The third-order valence-corrected chi connectivity index (χ3v) is 4.72. The molecule has 0 saturated carbocycles. The molecule has 6 heteroatoms. The predicted molar refractivity (Wildman–Crippen MR) is 76.2 cm³/mol. The molecule has 1 aliphatic heterocycles. The van der Waals surface area contributed by atoms with E-state index < -0.39 is 10.8 Å². The van der Waals surface area contributed by atoms with Crippen molar-refractivity contribution in [1.82, 2.24) is 9.47 Å². The van der Waals surface area contributed by atoms with Gasteiger partial charge in [0.15, 0.2) is 0 Å². The fraction of sp³-hybridized carbons (Fsp3) is 0.583. The van der Waals surface area contributed by atoms with Crippen molar-refractivity contribution < 1.29 is 9.00 Å². The van der Waals surface area contributed by atoms with Gasteiger partial charge in [-0.15, -0.1) is 0 Å². The van der Waals surface area contributed by atoms with Gasteiger partial charge in [0, 0.05) is 52.6 Å². The van der Waals surface area contributed by atoms with E-state index in [2.05, 4.69) is 22.9 Å². The van der Waals surface area contributed by atoms with Crippen LogP contribution in [0.5, 0.6) is 0 Å². The Balaban J connectivity index is 2.15. The molecule has 1 aromatic rings. The topological polar surface area (TPSA) is 42.3 Å². The van der Waals surface area contributed by atoms with E-state index in [0.717, 1.165) is 23.1 Å². The van der Waals surface area contributed by atoms with Gasteiger partial charge in [0.25, 0.3) is 5.91 Å². The normalized spacial score (nSPS) is 17.1. The Kier molecular flexibility index (Phi) is 4.61. The number of carbonyl (C=O) groups is 1. The second-order valence-corrected chi connectivity index (χ2v) is 6.99. The number of hydrogen-bond acceptors (Lipinski definition) is 2. The van der Waals surface area contributed by atoms with Crippen LogP contribution in [0.25, 0.3) is 0 Å². The van der Waals surface area contributed by atoms with Crippen molar-refractivity contribution in [3.05, 3.63) is 22.4 Å². The van der Waals surface area contributed by atoms with Crippen molar-refractivity contribution in [2.45, 2.75) is 19.9 Å². The first kappa shape index (κ1) is 13.8. The maximum Gasteiger partial charge on any atom is 0.270 e. The van der Waals surface area contributed by atoms with Gasteiger partial charge in [-0.3, -0.25) is 9.00 Å². The summed E-state index contributed by atoms with van der Waals surface area (Å²) in [6, 6.07) is 1.86. The summed E-state index contributed by atoms with van der Waals surface area (Å²) in [5, 5.41) is 0.